The van der Waals surface area contributed by atoms with E-state index < -0.39 is 18.5 Å². The highest BCUT2D eigenvalue weighted by Gasteiger charge is 2.27. The fourth-order valence-electron chi connectivity index (χ4n) is 3.69. The van der Waals surface area contributed by atoms with Crippen LogP contribution in [0.3, 0.4) is 0 Å². The van der Waals surface area contributed by atoms with Gasteiger partial charge in [-0.1, -0.05) is 12.8 Å². The Morgan fingerprint density at radius 2 is 2.00 bits per heavy atom. The van der Waals surface area contributed by atoms with Gasteiger partial charge in [0, 0.05) is 24.8 Å². The number of carbonyl (C=O) groups is 2. The van der Waals surface area contributed by atoms with E-state index in [1.807, 2.05) is 18.4 Å². The van der Waals surface area contributed by atoms with Gasteiger partial charge in [0.1, 0.15) is 11.9 Å². The average Bonchev–Trinajstić information content (AvgIpc) is 3.29. The molecule has 0 spiro atoms. The first-order chi connectivity index (χ1) is 13.8. The topological polar surface area (TPSA) is 119 Å². The largest absolute Gasteiger partial charge is 0.451 e. The van der Waals surface area contributed by atoms with E-state index in [1.54, 1.807) is 0 Å². The summed E-state index contributed by atoms with van der Waals surface area (Å²) in [6.07, 6.45) is 4.22. The van der Waals surface area contributed by atoms with Crippen molar-refractivity contribution in [2.75, 3.05) is 11.9 Å². The van der Waals surface area contributed by atoms with E-state index in [4.69, 9.17) is 4.74 Å². The van der Waals surface area contributed by atoms with Gasteiger partial charge < -0.3 is 14.6 Å². The number of nitrogens with one attached hydrogen (secondary N) is 1. The van der Waals surface area contributed by atoms with Crippen molar-refractivity contribution >= 4 is 17.7 Å². The minimum absolute atomic E-state index is 0.0707. The van der Waals surface area contributed by atoms with E-state index in [2.05, 4.69) is 16.5 Å². The molecule has 0 atom stereocenters. The minimum Gasteiger partial charge on any atom is -0.451 e. The predicted octanol–water partition coefficient (Wildman–Crippen LogP) is 1.98. The number of aromatic nitrogens is 3. The van der Waals surface area contributed by atoms with E-state index >= 15 is 0 Å². The SMILES string of the molecule is Cc1c(C#N)c(NC(=O)COC(=O)c2ccc(=O)n(C)n2)n(C2CCCC2)c1C. The molecular weight excluding hydrogens is 374 g/mol. The first-order valence-corrected chi connectivity index (χ1v) is 9.46. The molecule has 1 saturated carbocycles. The highest BCUT2D eigenvalue weighted by molar-refractivity contribution is 5.95. The molecule has 29 heavy (non-hydrogen) atoms. The molecule has 0 unspecified atom stereocenters. The van der Waals surface area contributed by atoms with Gasteiger partial charge in [-0.2, -0.15) is 10.4 Å². The number of esters is 1. The zero-order valence-corrected chi connectivity index (χ0v) is 16.7. The second kappa shape index (κ2) is 8.31. The van der Waals surface area contributed by atoms with Crippen LogP contribution < -0.4 is 10.9 Å². The van der Waals surface area contributed by atoms with Crippen molar-refractivity contribution in [2.24, 2.45) is 7.05 Å². The molecule has 2 aromatic rings. The smallest absolute Gasteiger partial charge is 0.359 e. The maximum Gasteiger partial charge on any atom is 0.359 e. The third-order valence-corrected chi connectivity index (χ3v) is 5.32. The lowest BCUT2D eigenvalue weighted by atomic mass is 10.2. The minimum atomic E-state index is -0.810. The third-order valence-electron chi connectivity index (χ3n) is 5.32. The van der Waals surface area contributed by atoms with Gasteiger partial charge in [0.25, 0.3) is 11.5 Å². The Morgan fingerprint density at radius 1 is 1.31 bits per heavy atom. The zero-order chi connectivity index (χ0) is 21.1. The van der Waals surface area contributed by atoms with Crippen molar-refractivity contribution in [1.29, 1.82) is 5.26 Å². The highest BCUT2D eigenvalue weighted by Crippen LogP contribution is 2.37. The van der Waals surface area contributed by atoms with Crippen molar-refractivity contribution in [1.82, 2.24) is 14.3 Å². The van der Waals surface area contributed by atoms with E-state index in [9.17, 15) is 19.6 Å². The van der Waals surface area contributed by atoms with Crippen molar-refractivity contribution in [2.45, 2.75) is 45.6 Å². The third kappa shape index (κ3) is 4.06. The van der Waals surface area contributed by atoms with Gasteiger partial charge >= 0.3 is 5.97 Å². The lowest BCUT2D eigenvalue weighted by molar-refractivity contribution is -0.119. The van der Waals surface area contributed by atoms with Crippen LogP contribution in [0.1, 0.15) is 59.0 Å². The molecule has 152 valence electrons. The molecule has 0 saturated heterocycles. The summed E-state index contributed by atoms with van der Waals surface area (Å²) in [6.45, 7) is 3.28. The Labute approximate surface area is 167 Å². The van der Waals surface area contributed by atoms with Crippen LogP contribution in [0.2, 0.25) is 0 Å². The van der Waals surface area contributed by atoms with Crippen LogP contribution in [0.5, 0.6) is 0 Å². The molecule has 0 aliphatic heterocycles. The van der Waals surface area contributed by atoms with Crippen LogP contribution >= 0.6 is 0 Å². The quantitative estimate of drug-likeness (QED) is 0.771. The Bertz CT molecular complexity index is 1050. The standard InChI is InChI=1S/C20H23N5O4/c1-12-13(2)25(14-6-4-5-7-14)19(15(12)10-21)22-17(26)11-29-20(28)16-8-9-18(27)24(3)23-16/h8-9,14H,4-7,11H2,1-3H3,(H,22,26). The Kier molecular flexibility index (Phi) is 5.82. The van der Waals surface area contributed by atoms with Crippen molar-refractivity contribution in [3.63, 3.8) is 0 Å². The van der Waals surface area contributed by atoms with Crippen LogP contribution in [0, 0.1) is 25.2 Å². The normalized spacial score (nSPS) is 13.9. The molecule has 3 rings (SSSR count). The maximum absolute atomic E-state index is 12.4. The Balaban J connectivity index is 1.74. The van der Waals surface area contributed by atoms with Crippen molar-refractivity contribution in [3.05, 3.63) is 45.0 Å². The van der Waals surface area contributed by atoms with Crippen LogP contribution in [0.15, 0.2) is 16.9 Å². The predicted molar refractivity (Wildman–Crippen MR) is 105 cm³/mol. The second-order valence-electron chi connectivity index (χ2n) is 7.16. The lowest BCUT2D eigenvalue weighted by Gasteiger charge is -2.19. The molecule has 0 aromatic carbocycles. The summed E-state index contributed by atoms with van der Waals surface area (Å²) >= 11 is 0. The fraction of sp³-hybridized carbons (Fsp3) is 0.450. The number of hydrogen-bond acceptors (Lipinski definition) is 6. The van der Waals surface area contributed by atoms with Gasteiger partial charge in [-0.25, -0.2) is 9.48 Å². The van der Waals surface area contributed by atoms with E-state index in [0.29, 0.717) is 11.4 Å². The van der Waals surface area contributed by atoms with Crippen LogP contribution in [-0.2, 0) is 16.6 Å². The van der Waals surface area contributed by atoms with Gasteiger partial charge in [-0.05, 0) is 38.3 Å². The molecule has 1 aliphatic rings. The summed E-state index contributed by atoms with van der Waals surface area (Å²) in [5.74, 6) is -0.901. The number of carbonyl (C=O) groups excluding carboxylic acids is 2. The molecule has 0 radical (unpaired) electrons. The summed E-state index contributed by atoms with van der Waals surface area (Å²) in [4.78, 5) is 35.9. The molecule has 1 amide bonds. The van der Waals surface area contributed by atoms with Gasteiger partial charge in [0.15, 0.2) is 12.3 Å². The molecule has 9 nitrogen and oxygen atoms in total. The van der Waals surface area contributed by atoms with E-state index in [1.165, 1.54) is 19.2 Å². The van der Waals surface area contributed by atoms with Crippen LogP contribution in [0.25, 0.3) is 0 Å². The van der Waals surface area contributed by atoms with Gasteiger partial charge in [0.2, 0.25) is 0 Å². The number of amides is 1. The number of nitrogens with zero attached hydrogens (tertiary/aromatic N) is 4. The van der Waals surface area contributed by atoms with Gasteiger partial charge in [0.05, 0.1) is 5.56 Å². The van der Waals surface area contributed by atoms with Gasteiger partial charge in [-0.15, -0.1) is 0 Å². The molecule has 2 heterocycles. The zero-order valence-electron chi connectivity index (χ0n) is 16.7. The highest BCUT2D eigenvalue weighted by atomic mass is 16.5. The number of ether oxygens (including phenoxy) is 1. The van der Waals surface area contributed by atoms with Crippen LogP contribution in [-0.4, -0.2) is 32.8 Å². The molecule has 1 aliphatic carbocycles. The van der Waals surface area contributed by atoms with Crippen molar-refractivity contribution < 1.29 is 14.3 Å². The molecule has 1 fully saturated rings. The summed E-state index contributed by atoms with van der Waals surface area (Å²) in [6, 6.07) is 4.85. The fourth-order valence-corrected chi connectivity index (χ4v) is 3.69. The summed E-state index contributed by atoms with van der Waals surface area (Å²) < 4.78 is 8.04. The van der Waals surface area contributed by atoms with Crippen LogP contribution in [0.4, 0.5) is 5.82 Å². The molecule has 2 aromatic heterocycles. The number of rotatable bonds is 5. The first-order valence-electron chi connectivity index (χ1n) is 9.46. The average molecular weight is 397 g/mol. The molecule has 1 N–H and O–H groups in total. The second-order valence-corrected chi connectivity index (χ2v) is 7.16. The Hall–Kier alpha value is -3.41. The molecule has 9 heteroatoms. The van der Waals surface area contributed by atoms with E-state index in [-0.39, 0.29) is 17.3 Å². The first kappa shape index (κ1) is 20.3. The maximum atomic E-state index is 12.4. The Morgan fingerprint density at radius 3 is 2.62 bits per heavy atom. The number of anilines is 1. The van der Waals surface area contributed by atoms with E-state index in [0.717, 1.165) is 41.6 Å². The lowest BCUT2D eigenvalue weighted by Crippen LogP contribution is -2.26. The van der Waals surface area contributed by atoms with Crippen molar-refractivity contribution in [3.8, 4) is 6.07 Å². The molecular formula is C20H23N5O4. The summed E-state index contributed by atoms with van der Waals surface area (Å²) in [5, 5.41) is 16.1. The summed E-state index contributed by atoms with van der Waals surface area (Å²) in [7, 11) is 1.41. The summed E-state index contributed by atoms with van der Waals surface area (Å²) in [5.41, 5.74) is 1.78. The number of nitriles is 1. The number of hydrogen-bond donors (Lipinski definition) is 1. The van der Waals surface area contributed by atoms with Gasteiger partial charge in [-0.3, -0.25) is 9.59 Å². The monoisotopic (exact) mass is 397 g/mol. The molecule has 0 bridgehead atoms. The number of aryl methyl sites for hydroxylation is 1.